The van der Waals surface area contributed by atoms with Crippen LogP contribution in [0.1, 0.15) is 26.0 Å². The van der Waals surface area contributed by atoms with Crippen molar-refractivity contribution in [2.75, 3.05) is 0 Å². The van der Waals surface area contributed by atoms with Crippen LogP contribution in [-0.2, 0) is 13.0 Å². The predicted molar refractivity (Wildman–Crippen MR) is 46.3 cm³/mol. The summed E-state index contributed by atoms with van der Waals surface area (Å²) < 4.78 is 2.30. The lowest BCUT2D eigenvalue weighted by molar-refractivity contribution is -0.700. The van der Waals surface area contributed by atoms with Crippen LogP contribution in [0.3, 0.4) is 0 Å². The van der Waals surface area contributed by atoms with E-state index in [9.17, 15) is 0 Å². The fourth-order valence-corrected chi connectivity index (χ4v) is 1.30. The van der Waals surface area contributed by atoms with E-state index in [4.69, 9.17) is 0 Å². The molecule has 0 unspecified atom stereocenters. The fourth-order valence-electron chi connectivity index (χ4n) is 1.30. The van der Waals surface area contributed by atoms with Gasteiger partial charge in [-0.05, 0) is 13.3 Å². The molecule has 0 aliphatic rings. The van der Waals surface area contributed by atoms with E-state index >= 15 is 0 Å². The van der Waals surface area contributed by atoms with Gasteiger partial charge in [0.2, 0.25) is 0 Å². The maximum Gasteiger partial charge on any atom is 0.181 e. The molecule has 1 aromatic heterocycles. The summed E-state index contributed by atoms with van der Waals surface area (Å²) in [5.41, 5.74) is 1.44. The Morgan fingerprint density at radius 1 is 1.25 bits per heavy atom. The predicted octanol–water partition coefficient (Wildman–Crippen LogP) is -1.05. The summed E-state index contributed by atoms with van der Waals surface area (Å²) in [5.74, 6) is 0. The van der Waals surface area contributed by atoms with E-state index in [1.807, 2.05) is 0 Å². The third-order valence-corrected chi connectivity index (χ3v) is 1.88. The van der Waals surface area contributed by atoms with Gasteiger partial charge >= 0.3 is 0 Å². The van der Waals surface area contributed by atoms with E-state index in [0.717, 1.165) is 6.54 Å². The molecule has 1 nitrogen and oxygen atoms in total. The molecule has 1 heterocycles. The van der Waals surface area contributed by atoms with Gasteiger partial charge in [-0.2, -0.15) is 0 Å². The molecule has 0 spiro atoms. The first-order chi connectivity index (χ1) is 5.38. The smallest absolute Gasteiger partial charge is 0.181 e. The molecule has 0 atom stereocenters. The van der Waals surface area contributed by atoms with E-state index in [1.165, 1.54) is 18.5 Å². The molecule has 12 heavy (non-hydrogen) atoms. The van der Waals surface area contributed by atoms with E-state index < -0.39 is 0 Å². The number of hydrogen-bond donors (Lipinski definition) is 0. The summed E-state index contributed by atoms with van der Waals surface area (Å²) in [6, 6.07) is 6.40. The first kappa shape index (κ1) is 11.1. The Kier molecular flexibility index (Phi) is 5.26. The lowest BCUT2D eigenvalue weighted by Crippen LogP contribution is -3.00. The molecule has 0 saturated carbocycles. The van der Waals surface area contributed by atoms with Gasteiger partial charge in [-0.25, -0.2) is 4.57 Å². The highest BCUT2D eigenvalue weighted by Gasteiger charge is 2.03. The Labute approximate surface area is 73.4 Å². The zero-order valence-corrected chi connectivity index (χ0v) is 7.76. The number of rotatable bonds is 3. The second-order valence-corrected chi connectivity index (χ2v) is 2.73. The highest BCUT2D eigenvalue weighted by atomic mass is 19.0. The van der Waals surface area contributed by atoms with Crippen molar-refractivity contribution in [1.29, 1.82) is 0 Å². The van der Waals surface area contributed by atoms with E-state index in [0.29, 0.717) is 0 Å². The normalized spacial score (nSPS) is 9.17. The average Bonchev–Trinajstić information content (AvgIpc) is 2.06. The molecule has 68 valence electrons. The van der Waals surface area contributed by atoms with E-state index in [1.54, 1.807) is 0 Å². The van der Waals surface area contributed by atoms with Gasteiger partial charge in [-0.15, -0.1) is 0 Å². The van der Waals surface area contributed by atoms with Crippen LogP contribution in [0.5, 0.6) is 0 Å². The summed E-state index contributed by atoms with van der Waals surface area (Å²) in [6.07, 6.45) is 4.56. The van der Waals surface area contributed by atoms with Crippen molar-refractivity contribution >= 4 is 0 Å². The van der Waals surface area contributed by atoms with Crippen LogP contribution in [0.25, 0.3) is 0 Å². The van der Waals surface area contributed by atoms with Crippen LogP contribution in [-0.4, -0.2) is 0 Å². The molecule has 0 radical (unpaired) electrons. The van der Waals surface area contributed by atoms with Crippen molar-refractivity contribution in [3.8, 4) is 0 Å². The second kappa shape index (κ2) is 5.70. The largest absolute Gasteiger partial charge is 1.00 e. The third-order valence-electron chi connectivity index (χ3n) is 1.88. The van der Waals surface area contributed by atoms with Crippen molar-refractivity contribution in [3.63, 3.8) is 0 Å². The Balaban J connectivity index is 0.00000121. The summed E-state index contributed by atoms with van der Waals surface area (Å²) in [4.78, 5) is 0. The van der Waals surface area contributed by atoms with Gasteiger partial charge in [-0.1, -0.05) is 13.0 Å². The maximum absolute atomic E-state index is 2.30. The molecular weight excluding hydrogens is 153 g/mol. The lowest BCUT2D eigenvalue weighted by atomic mass is 10.2. The molecule has 1 aromatic rings. The monoisotopic (exact) mass is 169 g/mol. The van der Waals surface area contributed by atoms with Gasteiger partial charge in [-0.3, -0.25) is 0 Å². The van der Waals surface area contributed by atoms with Crippen molar-refractivity contribution in [3.05, 3.63) is 30.1 Å². The van der Waals surface area contributed by atoms with Crippen LogP contribution >= 0.6 is 0 Å². The van der Waals surface area contributed by atoms with E-state index in [-0.39, 0.29) is 4.70 Å². The molecule has 0 aliphatic heterocycles. The van der Waals surface area contributed by atoms with Gasteiger partial charge in [0.1, 0.15) is 6.54 Å². The lowest BCUT2D eigenvalue weighted by Gasteiger charge is -1.98. The Morgan fingerprint density at radius 3 is 2.58 bits per heavy atom. The molecule has 0 fully saturated rings. The van der Waals surface area contributed by atoms with Gasteiger partial charge in [0.25, 0.3) is 0 Å². The number of aromatic nitrogens is 1. The molecule has 2 heteroatoms. The number of halogens is 1. The molecule has 0 amide bonds. The molecule has 0 saturated heterocycles. The molecule has 0 N–H and O–H groups in total. The second-order valence-electron chi connectivity index (χ2n) is 2.73. The van der Waals surface area contributed by atoms with Crippen molar-refractivity contribution in [2.45, 2.75) is 33.2 Å². The first-order valence-corrected chi connectivity index (χ1v) is 4.35. The van der Waals surface area contributed by atoms with Gasteiger partial charge in [0.15, 0.2) is 11.9 Å². The third kappa shape index (κ3) is 2.61. The number of hydrogen-bond acceptors (Lipinski definition) is 0. The fraction of sp³-hybridized carbons (Fsp3) is 0.500. The standard InChI is InChI=1S/C10H16N.FH/c1-3-7-10-8-5-6-9-11(10)4-2;/h5-6,8-9H,3-4,7H2,1-2H3;1H/q+1;/p-1. The van der Waals surface area contributed by atoms with Crippen LogP contribution in [0.15, 0.2) is 24.4 Å². The Bertz CT molecular complexity index is 223. The van der Waals surface area contributed by atoms with Gasteiger partial charge in [0.05, 0.1) is 0 Å². The Hall–Kier alpha value is -0.920. The van der Waals surface area contributed by atoms with Crippen molar-refractivity contribution < 1.29 is 9.27 Å². The minimum atomic E-state index is 0. The Morgan fingerprint density at radius 2 is 2.00 bits per heavy atom. The molecule has 1 rings (SSSR count). The number of nitrogens with zero attached hydrogens (tertiary/aromatic N) is 1. The van der Waals surface area contributed by atoms with Crippen LogP contribution in [0.4, 0.5) is 0 Å². The van der Waals surface area contributed by atoms with Crippen LogP contribution in [0, 0.1) is 0 Å². The van der Waals surface area contributed by atoms with Crippen LogP contribution < -0.4 is 9.27 Å². The summed E-state index contributed by atoms with van der Waals surface area (Å²) in [6.45, 7) is 5.47. The molecule has 0 bridgehead atoms. The van der Waals surface area contributed by atoms with Gasteiger partial charge < -0.3 is 4.70 Å². The van der Waals surface area contributed by atoms with E-state index in [2.05, 4.69) is 42.8 Å². The SMILES string of the molecule is CCCc1cccc[n+]1CC.[F-]. The molecule has 0 aromatic carbocycles. The molecular formula is C10H16FN. The quantitative estimate of drug-likeness (QED) is 0.508. The summed E-state index contributed by atoms with van der Waals surface area (Å²) in [5, 5.41) is 0. The minimum Gasteiger partial charge on any atom is -1.00 e. The topological polar surface area (TPSA) is 3.88 Å². The zero-order valence-electron chi connectivity index (χ0n) is 7.76. The van der Waals surface area contributed by atoms with Crippen LogP contribution in [0.2, 0.25) is 0 Å². The maximum atomic E-state index is 2.30. The molecule has 0 aliphatic carbocycles. The summed E-state index contributed by atoms with van der Waals surface area (Å²) >= 11 is 0. The number of pyridine rings is 1. The van der Waals surface area contributed by atoms with Crippen molar-refractivity contribution in [2.24, 2.45) is 0 Å². The van der Waals surface area contributed by atoms with Gasteiger partial charge in [0, 0.05) is 18.6 Å². The number of aryl methyl sites for hydroxylation is 2. The van der Waals surface area contributed by atoms with Crippen molar-refractivity contribution in [1.82, 2.24) is 0 Å². The zero-order chi connectivity index (χ0) is 8.10. The average molecular weight is 169 g/mol. The highest BCUT2D eigenvalue weighted by Crippen LogP contribution is 1.95. The minimum absolute atomic E-state index is 0. The first-order valence-electron chi connectivity index (χ1n) is 4.35. The highest BCUT2D eigenvalue weighted by molar-refractivity contribution is 4.96. The summed E-state index contributed by atoms with van der Waals surface area (Å²) in [7, 11) is 0.